The van der Waals surface area contributed by atoms with Crippen LogP contribution in [0.2, 0.25) is 0 Å². The van der Waals surface area contributed by atoms with Crippen molar-refractivity contribution in [1.82, 2.24) is 14.9 Å². The van der Waals surface area contributed by atoms with Crippen molar-refractivity contribution >= 4 is 11.0 Å². The van der Waals surface area contributed by atoms with Crippen molar-refractivity contribution in [3.05, 3.63) is 29.8 Å². The summed E-state index contributed by atoms with van der Waals surface area (Å²) in [6.07, 6.45) is 3.78. The average molecular weight is 275 g/mol. The van der Waals surface area contributed by atoms with Gasteiger partial charge in [-0.2, -0.15) is 0 Å². The first-order chi connectivity index (χ1) is 9.56. The molecule has 3 unspecified atom stereocenters. The number of fused-ring (bicyclic) bond motifs is 1. The molecule has 108 valence electrons. The average Bonchev–Trinajstić information content (AvgIpc) is 2.81. The van der Waals surface area contributed by atoms with Crippen molar-refractivity contribution in [2.45, 2.75) is 58.2 Å². The first-order valence-corrected chi connectivity index (χ1v) is 7.49. The molecule has 4 heteroatoms. The Labute approximate surface area is 119 Å². The number of nitrogens with one attached hydrogen (secondary N) is 1. The Morgan fingerprint density at radius 1 is 1.30 bits per heavy atom. The van der Waals surface area contributed by atoms with E-state index in [4.69, 9.17) is 0 Å². The molecule has 0 amide bonds. The zero-order valence-corrected chi connectivity index (χ0v) is 12.4. The zero-order valence-electron chi connectivity index (χ0n) is 12.4. The number of hydrogen-bond donors (Lipinski definition) is 1. The highest BCUT2D eigenvalue weighted by Crippen LogP contribution is 2.31. The minimum atomic E-state index is -0.222. The molecule has 1 aliphatic rings. The van der Waals surface area contributed by atoms with Crippen LogP contribution in [0, 0.1) is 5.82 Å². The summed E-state index contributed by atoms with van der Waals surface area (Å²) in [7, 11) is 0. The first-order valence-electron chi connectivity index (χ1n) is 7.49. The Hall–Kier alpha value is -1.42. The maximum atomic E-state index is 13.3. The number of imidazole rings is 1. The number of rotatable bonds is 2. The van der Waals surface area contributed by atoms with Gasteiger partial charge in [-0.15, -0.1) is 0 Å². The standard InChI is InChI=1S/C16H22FN3/c1-10-5-4-6-11(2)20(10)12(3)16-18-14-8-7-13(17)9-15(14)19-16/h7-12H,4-6H2,1-3H3,(H,18,19). The molecule has 3 atom stereocenters. The molecule has 1 saturated heterocycles. The van der Waals surface area contributed by atoms with Crippen LogP contribution in [-0.2, 0) is 0 Å². The lowest BCUT2D eigenvalue weighted by atomic mass is 9.95. The van der Waals surface area contributed by atoms with Gasteiger partial charge in [0, 0.05) is 12.1 Å². The third kappa shape index (κ3) is 2.33. The molecule has 0 radical (unpaired) electrons. The van der Waals surface area contributed by atoms with Crippen LogP contribution in [0.4, 0.5) is 4.39 Å². The van der Waals surface area contributed by atoms with Gasteiger partial charge < -0.3 is 4.98 Å². The van der Waals surface area contributed by atoms with Crippen LogP contribution in [0.3, 0.4) is 0 Å². The number of nitrogens with zero attached hydrogens (tertiary/aromatic N) is 2. The topological polar surface area (TPSA) is 31.9 Å². The monoisotopic (exact) mass is 275 g/mol. The van der Waals surface area contributed by atoms with Gasteiger partial charge in [-0.05, 0) is 51.8 Å². The first kappa shape index (κ1) is 13.6. The van der Waals surface area contributed by atoms with Gasteiger partial charge >= 0.3 is 0 Å². The predicted octanol–water partition coefficient (Wildman–Crippen LogP) is 4.03. The molecule has 3 rings (SSSR count). The van der Waals surface area contributed by atoms with Crippen LogP contribution in [0.25, 0.3) is 11.0 Å². The third-order valence-corrected chi connectivity index (χ3v) is 4.57. The molecule has 1 aromatic carbocycles. The minimum absolute atomic E-state index is 0.222. The Morgan fingerprint density at radius 2 is 2.00 bits per heavy atom. The summed E-state index contributed by atoms with van der Waals surface area (Å²) >= 11 is 0. The largest absolute Gasteiger partial charge is 0.341 e. The molecule has 0 aliphatic carbocycles. The summed E-state index contributed by atoms with van der Waals surface area (Å²) in [5.41, 5.74) is 1.62. The number of aromatic nitrogens is 2. The van der Waals surface area contributed by atoms with Crippen LogP contribution in [0.5, 0.6) is 0 Å². The summed E-state index contributed by atoms with van der Waals surface area (Å²) in [4.78, 5) is 10.4. The molecule has 1 N–H and O–H groups in total. The lowest BCUT2D eigenvalue weighted by molar-refractivity contribution is 0.0590. The number of likely N-dealkylation sites (tertiary alicyclic amines) is 1. The number of piperidine rings is 1. The van der Waals surface area contributed by atoms with E-state index in [-0.39, 0.29) is 11.9 Å². The highest BCUT2D eigenvalue weighted by Gasteiger charge is 2.30. The Morgan fingerprint density at radius 3 is 2.70 bits per heavy atom. The summed E-state index contributed by atoms with van der Waals surface area (Å²) < 4.78 is 13.3. The van der Waals surface area contributed by atoms with Crippen molar-refractivity contribution in [2.75, 3.05) is 0 Å². The number of hydrogen-bond acceptors (Lipinski definition) is 2. The predicted molar refractivity (Wildman–Crippen MR) is 79.1 cm³/mol. The Bertz CT molecular complexity index is 597. The third-order valence-electron chi connectivity index (χ3n) is 4.57. The summed E-state index contributed by atoms with van der Waals surface area (Å²) in [5, 5.41) is 0. The number of halogens is 1. The van der Waals surface area contributed by atoms with Crippen LogP contribution < -0.4 is 0 Å². The fraction of sp³-hybridized carbons (Fsp3) is 0.562. The molecule has 3 nitrogen and oxygen atoms in total. The summed E-state index contributed by atoms with van der Waals surface area (Å²) in [6.45, 7) is 6.76. The van der Waals surface area contributed by atoms with Gasteiger partial charge in [0.15, 0.2) is 0 Å². The number of benzene rings is 1. The van der Waals surface area contributed by atoms with Gasteiger partial charge in [0.05, 0.1) is 17.1 Å². The highest BCUT2D eigenvalue weighted by molar-refractivity contribution is 5.75. The molecule has 2 heterocycles. The maximum Gasteiger partial charge on any atom is 0.125 e. The SMILES string of the molecule is CC1CCCC(C)N1C(C)c1nc2ccc(F)cc2[nH]1. The maximum absolute atomic E-state index is 13.3. The van der Waals surface area contributed by atoms with E-state index in [1.807, 2.05) is 0 Å². The molecular formula is C16H22FN3. The second-order valence-electron chi connectivity index (χ2n) is 6.04. The molecule has 20 heavy (non-hydrogen) atoms. The molecule has 2 aromatic rings. The number of aromatic amines is 1. The van der Waals surface area contributed by atoms with Crippen LogP contribution in [0.1, 0.15) is 51.9 Å². The van der Waals surface area contributed by atoms with Gasteiger partial charge in [-0.3, -0.25) is 4.90 Å². The zero-order chi connectivity index (χ0) is 14.3. The molecule has 0 spiro atoms. The Balaban J connectivity index is 1.93. The van der Waals surface area contributed by atoms with Gasteiger partial charge in [-0.25, -0.2) is 9.37 Å². The Kier molecular flexibility index (Phi) is 3.50. The van der Waals surface area contributed by atoms with Gasteiger partial charge in [0.25, 0.3) is 0 Å². The highest BCUT2D eigenvalue weighted by atomic mass is 19.1. The van der Waals surface area contributed by atoms with E-state index in [1.54, 1.807) is 6.07 Å². The quantitative estimate of drug-likeness (QED) is 0.897. The van der Waals surface area contributed by atoms with Gasteiger partial charge in [0.2, 0.25) is 0 Å². The van der Waals surface area contributed by atoms with Crippen LogP contribution in [-0.4, -0.2) is 27.0 Å². The number of H-pyrrole nitrogens is 1. The fourth-order valence-corrected chi connectivity index (χ4v) is 3.55. The molecule has 0 bridgehead atoms. The fourth-order valence-electron chi connectivity index (χ4n) is 3.55. The summed E-state index contributed by atoms with van der Waals surface area (Å²) in [5.74, 6) is 0.714. The smallest absolute Gasteiger partial charge is 0.125 e. The van der Waals surface area contributed by atoms with Crippen LogP contribution >= 0.6 is 0 Å². The van der Waals surface area contributed by atoms with Gasteiger partial charge in [-0.1, -0.05) is 6.42 Å². The van der Waals surface area contributed by atoms with E-state index in [0.717, 1.165) is 16.9 Å². The van der Waals surface area contributed by atoms with E-state index < -0.39 is 0 Å². The van der Waals surface area contributed by atoms with E-state index in [0.29, 0.717) is 12.1 Å². The van der Waals surface area contributed by atoms with E-state index in [2.05, 4.69) is 35.6 Å². The van der Waals surface area contributed by atoms with Gasteiger partial charge in [0.1, 0.15) is 11.6 Å². The van der Waals surface area contributed by atoms with Crippen molar-refractivity contribution in [2.24, 2.45) is 0 Å². The van der Waals surface area contributed by atoms with Crippen LogP contribution in [0.15, 0.2) is 18.2 Å². The lowest BCUT2D eigenvalue weighted by Gasteiger charge is -2.42. The van der Waals surface area contributed by atoms with Crippen molar-refractivity contribution in [1.29, 1.82) is 0 Å². The summed E-state index contributed by atoms with van der Waals surface area (Å²) in [6, 6.07) is 6.08. The normalized spacial score (nSPS) is 26.0. The van der Waals surface area contributed by atoms with Crippen molar-refractivity contribution in [3.8, 4) is 0 Å². The molecular weight excluding hydrogens is 253 g/mol. The second-order valence-corrected chi connectivity index (χ2v) is 6.04. The van der Waals surface area contributed by atoms with E-state index >= 15 is 0 Å². The lowest BCUT2D eigenvalue weighted by Crippen LogP contribution is -2.45. The molecule has 1 aromatic heterocycles. The molecule has 1 fully saturated rings. The van der Waals surface area contributed by atoms with Crippen molar-refractivity contribution < 1.29 is 4.39 Å². The van der Waals surface area contributed by atoms with E-state index in [9.17, 15) is 4.39 Å². The minimum Gasteiger partial charge on any atom is -0.341 e. The van der Waals surface area contributed by atoms with E-state index in [1.165, 1.54) is 31.4 Å². The molecule has 1 aliphatic heterocycles. The van der Waals surface area contributed by atoms with Crippen molar-refractivity contribution in [3.63, 3.8) is 0 Å². The molecule has 0 saturated carbocycles. The second kappa shape index (κ2) is 5.17.